The molecule has 0 saturated heterocycles. The minimum atomic E-state index is -0.813. The lowest BCUT2D eigenvalue weighted by Gasteiger charge is -2.21. The summed E-state index contributed by atoms with van der Waals surface area (Å²) < 4.78 is 26.1. The van der Waals surface area contributed by atoms with Crippen molar-refractivity contribution >= 4 is 0 Å². The number of benzene rings is 2. The molecule has 2 atom stereocenters. The maximum absolute atomic E-state index is 13.2. The molecule has 0 aliphatic rings. The Kier molecular flexibility index (Phi) is 4.27. The summed E-state index contributed by atoms with van der Waals surface area (Å²) in [4.78, 5) is 0. The minimum absolute atomic E-state index is 0.0506. The molecule has 3 heteroatoms. The fourth-order valence-corrected chi connectivity index (χ4v) is 2.09. The van der Waals surface area contributed by atoms with Crippen LogP contribution in [-0.2, 0) is 0 Å². The van der Waals surface area contributed by atoms with Crippen LogP contribution in [0.1, 0.15) is 37.1 Å². The number of nitrogens with one attached hydrogen (secondary N) is 1. The van der Waals surface area contributed by atoms with Crippen LogP contribution in [0.25, 0.3) is 0 Å². The standard InChI is InChI=1S/C16H17F2N/c1-11(13-6-4-3-5-7-13)19-12(2)14-8-9-15(17)16(18)10-14/h3-12,19H,1-2H3. The van der Waals surface area contributed by atoms with Crippen molar-refractivity contribution in [2.45, 2.75) is 25.9 Å². The molecule has 0 heterocycles. The highest BCUT2D eigenvalue weighted by Crippen LogP contribution is 2.20. The van der Waals surface area contributed by atoms with Gasteiger partial charge in [0.05, 0.1) is 0 Å². The van der Waals surface area contributed by atoms with Crippen LogP contribution >= 0.6 is 0 Å². The molecule has 0 bridgehead atoms. The SMILES string of the molecule is CC(NC(C)c1ccc(F)c(F)c1)c1ccccc1. The number of halogens is 2. The van der Waals surface area contributed by atoms with Gasteiger partial charge < -0.3 is 5.32 Å². The van der Waals surface area contributed by atoms with Gasteiger partial charge in [-0.2, -0.15) is 0 Å². The highest BCUT2D eigenvalue weighted by atomic mass is 19.2. The van der Waals surface area contributed by atoms with E-state index >= 15 is 0 Å². The molecule has 0 aromatic heterocycles. The topological polar surface area (TPSA) is 12.0 Å². The molecule has 0 fully saturated rings. The molecular weight excluding hydrogens is 244 g/mol. The van der Waals surface area contributed by atoms with Gasteiger partial charge in [-0.05, 0) is 37.1 Å². The summed E-state index contributed by atoms with van der Waals surface area (Å²) in [6.45, 7) is 3.98. The third-order valence-corrected chi connectivity index (χ3v) is 3.24. The molecule has 1 nitrogen and oxygen atoms in total. The lowest BCUT2D eigenvalue weighted by molar-refractivity contribution is 0.480. The quantitative estimate of drug-likeness (QED) is 0.861. The first kappa shape index (κ1) is 13.7. The summed E-state index contributed by atoms with van der Waals surface area (Å²) in [6, 6.07) is 14.1. The summed E-state index contributed by atoms with van der Waals surface area (Å²) in [6.07, 6.45) is 0. The maximum Gasteiger partial charge on any atom is 0.159 e. The van der Waals surface area contributed by atoms with Gasteiger partial charge in [0, 0.05) is 12.1 Å². The molecule has 0 amide bonds. The van der Waals surface area contributed by atoms with Crippen molar-refractivity contribution in [3.63, 3.8) is 0 Å². The molecule has 2 aromatic carbocycles. The summed E-state index contributed by atoms with van der Waals surface area (Å²) in [5.74, 6) is -1.62. The van der Waals surface area contributed by atoms with Gasteiger partial charge in [0.1, 0.15) is 0 Å². The Labute approximate surface area is 112 Å². The molecule has 100 valence electrons. The highest BCUT2D eigenvalue weighted by Gasteiger charge is 2.12. The van der Waals surface area contributed by atoms with Crippen LogP contribution in [0, 0.1) is 11.6 Å². The molecule has 0 radical (unpaired) electrons. The van der Waals surface area contributed by atoms with E-state index in [9.17, 15) is 8.78 Å². The first-order valence-electron chi connectivity index (χ1n) is 6.34. The van der Waals surface area contributed by atoms with Crippen molar-refractivity contribution < 1.29 is 8.78 Å². The van der Waals surface area contributed by atoms with Crippen LogP contribution in [0.2, 0.25) is 0 Å². The smallest absolute Gasteiger partial charge is 0.159 e. The molecule has 0 saturated carbocycles. The summed E-state index contributed by atoms with van der Waals surface area (Å²) in [5.41, 5.74) is 1.90. The molecule has 19 heavy (non-hydrogen) atoms. The largest absolute Gasteiger partial charge is 0.304 e. The molecule has 0 aliphatic heterocycles. The van der Waals surface area contributed by atoms with E-state index in [2.05, 4.69) is 5.32 Å². The van der Waals surface area contributed by atoms with Gasteiger partial charge in [0.25, 0.3) is 0 Å². The van der Waals surface area contributed by atoms with E-state index in [-0.39, 0.29) is 12.1 Å². The zero-order valence-electron chi connectivity index (χ0n) is 11.0. The first-order valence-corrected chi connectivity index (χ1v) is 6.34. The Balaban J connectivity index is 2.08. The van der Waals surface area contributed by atoms with Crippen molar-refractivity contribution in [2.75, 3.05) is 0 Å². The Morgan fingerprint density at radius 3 is 2.05 bits per heavy atom. The van der Waals surface area contributed by atoms with Crippen molar-refractivity contribution in [2.24, 2.45) is 0 Å². The third-order valence-electron chi connectivity index (χ3n) is 3.24. The molecule has 1 N–H and O–H groups in total. The van der Waals surface area contributed by atoms with Crippen LogP contribution in [-0.4, -0.2) is 0 Å². The molecular formula is C16H17F2N. The maximum atomic E-state index is 13.2. The average molecular weight is 261 g/mol. The average Bonchev–Trinajstić information content (AvgIpc) is 2.42. The van der Waals surface area contributed by atoms with Gasteiger partial charge in [0.2, 0.25) is 0 Å². The monoisotopic (exact) mass is 261 g/mol. The van der Waals surface area contributed by atoms with Crippen LogP contribution in [0.5, 0.6) is 0 Å². The van der Waals surface area contributed by atoms with Crippen molar-refractivity contribution in [3.05, 3.63) is 71.3 Å². The molecule has 2 unspecified atom stereocenters. The zero-order valence-corrected chi connectivity index (χ0v) is 11.0. The van der Waals surface area contributed by atoms with Gasteiger partial charge in [-0.15, -0.1) is 0 Å². The number of rotatable bonds is 4. The predicted octanol–water partition coefficient (Wildman–Crippen LogP) is 4.38. The van der Waals surface area contributed by atoms with Crippen LogP contribution in [0.3, 0.4) is 0 Å². The van der Waals surface area contributed by atoms with Crippen LogP contribution in [0.15, 0.2) is 48.5 Å². The van der Waals surface area contributed by atoms with E-state index in [0.717, 1.165) is 17.2 Å². The predicted molar refractivity (Wildman–Crippen MR) is 72.8 cm³/mol. The van der Waals surface area contributed by atoms with Gasteiger partial charge in [-0.3, -0.25) is 0 Å². The lowest BCUT2D eigenvalue weighted by Crippen LogP contribution is -2.22. The van der Waals surface area contributed by atoms with E-state index < -0.39 is 11.6 Å². The van der Waals surface area contributed by atoms with E-state index in [4.69, 9.17) is 0 Å². The second-order valence-corrected chi connectivity index (χ2v) is 4.69. The van der Waals surface area contributed by atoms with Gasteiger partial charge in [-0.25, -0.2) is 8.78 Å². The van der Waals surface area contributed by atoms with E-state index in [1.54, 1.807) is 6.07 Å². The third kappa shape index (κ3) is 3.38. The van der Waals surface area contributed by atoms with Gasteiger partial charge in [0.15, 0.2) is 11.6 Å². The van der Waals surface area contributed by atoms with E-state index in [1.807, 2.05) is 44.2 Å². The Morgan fingerprint density at radius 2 is 1.42 bits per heavy atom. The number of hydrogen-bond acceptors (Lipinski definition) is 1. The fourth-order valence-electron chi connectivity index (χ4n) is 2.09. The van der Waals surface area contributed by atoms with Gasteiger partial charge in [-0.1, -0.05) is 36.4 Å². The lowest BCUT2D eigenvalue weighted by atomic mass is 10.0. The van der Waals surface area contributed by atoms with Crippen LogP contribution < -0.4 is 5.32 Å². The van der Waals surface area contributed by atoms with Crippen molar-refractivity contribution in [3.8, 4) is 0 Å². The normalized spacial score (nSPS) is 14.1. The molecule has 0 spiro atoms. The Hall–Kier alpha value is -1.74. The van der Waals surface area contributed by atoms with Crippen molar-refractivity contribution in [1.82, 2.24) is 5.32 Å². The molecule has 0 aliphatic carbocycles. The van der Waals surface area contributed by atoms with E-state index in [0.29, 0.717) is 0 Å². The Bertz CT molecular complexity index is 540. The second kappa shape index (κ2) is 5.93. The van der Waals surface area contributed by atoms with Crippen molar-refractivity contribution in [1.29, 1.82) is 0 Å². The zero-order chi connectivity index (χ0) is 13.8. The summed E-state index contributed by atoms with van der Waals surface area (Å²) >= 11 is 0. The summed E-state index contributed by atoms with van der Waals surface area (Å²) in [7, 11) is 0. The molecule has 2 aromatic rings. The number of hydrogen-bond donors (Lipinski definition) is 1. The van der Waals surface area contributed by atoms with E-state index in [1.165, 1.54) is 6.07 Å². The molecule has 2 rings (SSSR count). The Morgan fingerprint density at radius 1 is 0.789 bits per heavy atom. The minimum Gasteiger partial charge on any atom is -0.304 e. The highest BCUT2D eigenvalue weighted by molar-refractivity contribution is 5.23. The van der Waals surface area contributed by atoms with Gasteiger partial charge >= 0.3 is 0 Å². The van der Waals surface area contributed by atoms with Crippen LogP contribution in [0.4, 0.5) is 8.78 Å². The second-order valence-electron chi connectivity index (χ2n) is 4.69. The summed E-state index contributed by atoms with van der Waals surface area (Å²) in [5, 5.41) is 3.37. The first-order chi connectivity index (χ1) is 9.08. The fraction of sp³-hybridized carbons (Fsp3) is 0.250.